The van der Waals surface area contributed by atoms with Gasteiger partial charge in [-0.15, -0.1) is 0 Å². The molecule has 1 aromatic carbocycles. The molecule has 6 heteroatoms. The highest BCUT2D eigenvalue weighted by molar-refractivity contribution is 5.79. The predicted molar refractivity (Wildman–Crippen MR) is 97.4 cm³/mol. The Morgan fingerprint density at radius 2 is 2.08 bits per heavy atom. The van der Waals surface area contributed by atoms with E-state index in [0.717, 1.165) is 37.0 Å². The lowest BCUT2D eigenvalue weighted by molar-refractivity contribution is -0.126. The highest BCUT2D eigenvalue weighted by Gasteiger charge is 2.28. The monoisotopic (exact) mass is 345 g/mol. The van der Waals surface area contributed by atoms with E-state index in [-0.39, 0.29) is 24.5 Å². The summed E-state index contributed by atoms with van der Waals surface area (Å²) in [5, 5.41) is 12.3. The van der Waals surface area contributed by atoms with Gasteiger partial charge in [0.05, 0.1) is 0 Å². The second-order valence-corrected chi connectivity index (χ2v) is 7.10. The Labute approximate surface area is 148 Å². The van der Waals surface area contributed by atoms with Crippen LogP contribution in [0.15, 0.2) is 28.7 Å². The van der Waals surface area contributed by atoms with Crippen molar-refractivity contribution in [3.8, 4) is 0 Å². The van der Waals surface area contributed by atoms with Crippen LogP contribution in [0, 0.1) is 11.8 Å². The van der Waals surface area contributed by atoms with Crippen LogP contribution in [0.25, 0.3) is 11.1 Å². The first-order valence-corrected chi connectivity index (χ1v) is 9.10. The van der Waals surface area contributed by atoms with Gasteiger partial charge < -0.3 is 19.7 Å². The fraction of sp³-hybridized carbons (Fsp3) is 0.579. The molecule has 2 heterocycles. The van der Waals surface area contributed by atoms with Gasteiger partial charge in [-0.05, 0) is 37.3 Å². The SMILES string of the molecule is CC(C)C(CCO)NC(=O)C1CCN(c2nc3ccccc3o2)CC1. The molecule has 1 aliphatic heterocycles. The van der Waals surface area contributed by atoms with Crippen LogP contribution < -0.4 is 10.2 Å². The van der Waals surface area contributed by atoms with E-state index in [1.165, 1.54) is 0 Å². The second-order valence-electron chi connectivity index (χ2n) is 7.10. The molecule has 1 saturated heterocycles. The first-order valence-electron chi connectivity index (χ1n) is 9.10. The number of nitrogens with one attached hydrogen (secondary N) is 1. The van der Waals surface area contributed by atoms with E-state index in [9.17, 15) is 4.79 Å². The van der Waals surface area contributed by atoms with E-state index in [1.54, 1.807) is 0 Å². The first kappa shape index (κ1) is 17.7. The molecule has 1 fully saturated rings. The van der Waals surface area contributed by atoms with Crippen molar-refractivity contribution < 1.29 is 14.3 Å². The summed E-state index contributed by atoms with van der Waals surface area (Å²) in [6, 6.07) is 8.41. The van der Waals surface area contributed by atoms with Gasteiger partial charge in [-0.2, -0.15) is 4.98 Å². The molecule has 1 amide bonds. The van der Waals surface area contributed by atoms with Crippen molar-refractivity contribution in [3.63, 3.8) is 0 Å². The lowest BCUT2D eigenvalue weighted by Gasteiger charge is -2.31. The molecular formula is C19H27N3O3. The largest absolute Gasteiger partial charge is 0.423 e. The minimum absolute atomic E-state index is 0.0144. The van der Waals surface area contributed by atoms with Crippen molar-refractivity contribution in [1.82, 2.24) is 10.3 Å². The number of piperidine rings is 1. The third-order valence-electron chi connectivity index (χ3n) is 4.99. The topological polar surface area (TPSA) is 78.6 Å². The van der Waals surface area contributed by atoms with Crippen molar-refractivity contribution in [2.75, 3.05) is 24.6 Å². The molecule has 0 radical (unpaired) electrons. The number of carbonyl (C=O) groups excluding carboxylic acids is 1. The number of hydrogen-bond donors (Lipinski definition) is 2. The summed E-state index contributed by atoms with van der Waals surface area (Å²) in [7, 11) is 0. The maximum atomic E-state index is 12.5. The molecule has 1 aromatic heterocycles. The highest BCUT2D eigenvalue weighted by Crippen LogP contribution is 2.26. The molecule has 1 aliphatic rings. The van der Waals surface area contributed by atoms with Gasteiger partial charge in [0.25, 0.3) is 6.01 Å². The molecule has 1 atom stereocenters. The number of nitrogens with zero attached hydrogens (tertiary/aromatic N) is 2. The van der Waals surface area contributed by atoms with Crippen LogP contribution in [0.2, 0.25) is 0 Å². The zero-order valence-electron chi connectivity index (χ0n) is 14.9. The van der Waals surface area contributed by atoms with Crippen LogP contribution in [0.3, 0.4) is 0 Å². The number of anilines is 1. The minimum Gasteiger partial charge on any atom is -0.423 e. The van der Waals surface area contributed by atoms with Crippen LogP contribution in [0.1, 0.15) is 33.1 Å². The smallest absolute Gasteiger partial charge is 0.298 e. The molecule has 2 aromatic rings. The van der Waals surface area contributed by atoms with E-state index in [2.05, 4.69) is 29.0 Å². The maximum absolute atomic E-state index is 12.5. The molecule has 6 nitrogen and oxygen atoms in total. The van der Waals surface area contributed by atoms with E-state index in [0.29, 0.717) is 18.4 Å². The van der Waals surface area contributed by atoms with Crippen LogP contribution in [0.5, 0.6) is 0 Å². The molecule has 25 heavy (non-hydrogen) atoms. The highest BCUT2D eigenvalue weighted by atomic mass is 16.4. The summed E-state index contributed by atoms with van der Waals surface area (Å²) in [6.45, 7) is 5.75. The molecule has 0 aliphatic carbocycles. The van der Waals surface area contributed by atoms with Crippen LogP contribution >= 0.6 is 0 Å². The fourth-order valence-corrected chi connectivity index (χ4v) is 3.34. The van der Waals surface area contributed by atoms with E-state index >= 15 is 0 Å². The Morgan fingerprint density at radius 1 is 1.36 bits per heavy atom. The standard InChI is InChI=1S/C19H27N3O3/c1-13(2)15(9-12-23)20-18(24)14-7-10-22(11-8-14)19-21-16-5-3-4-6-17(16)25-19/h3-6,13-15,23H,7-12H2,1-2H3,(H,20,24). The van der Waals surface area contributed by atoms with Gasteiger partial charge in [-0.1, -0.05) is 26.0 Å². The van der Waals surface area contributed by atoms with Crippen molar-refractivity contribution >= 4 is 23.0 Å². The number of fused-ring (bicyclic) bond motifs is 1. The number of amides is 1. The molecule has 136 valence electrons. The average molecular weight is 345 g/mol. The number of aliphatic hydroxyl groups is 1. The van der Waals surface area contributed by atoms with Gasteiger partial charge in [0.2, 0.25) is 5.91 Å². The van der Waals surface area contributed by atoms with Crippen molar-refractivity contribution in [3.05, 3.63) is 24.3 Å². The summed E-state index contributed by atoms with van der Waals surface area (Å²) in [4.78, 5) is 19.2. The number of rotatable bonds is 6. The Bertz CT molecular complexity index is 672. The quantitative estimate of drug-likeness (QED) is 0.841. The predicted octanol–water partition coefficient (Wildman–Crippen LogP) is 2.57. The Kier molecular flexibility index (Phi) is 5.58. The number of para-hydroxylation sites is 2. The van der Waals surface area contributed by atoms with E-state index in [1.807, 2.05) is 24.3 Å². The van der Waals surface area contributed by atoms with Crippen LogP contribution in [-0.4, -0.2) is 41.7 Å². The van der Waals surface area contributed by atoms with Crippen molar-refractivity contribution in [1.29, 1.82) is 0 Å². The minimum atomic E-state index is 0.0144. The molecule has 1 unspecified atom stereocenters. The van der Waals surface area contributed by atoms with Gasteiger partial charge in [-0.25, -0.2) is 0 Å². The average Bonchev–Trinajstić information content (AvgIpc) is 3.05. The summed E-state index contributed by atoms with van der Waals surface area (Å²) < 4.78 is 5.82. The molecule has 2 N–H and O–H groups in total. The number of benzene rings is 1. The lowest BCUT2D eigenvalue weighted by atomic mass is 9.94. The van der Waals surface area contributed by atoms with E-state index < -0.39 is 0 Å². The Hall–Kier alpha value is -2.08. The van der Waals surface area contributed by atoms with Gasteiger partial charge in [-0.3, -0.25) is 4.79 Å². The first-order chi connectivity index (χ1) is 12.1. The third kappa shape index (κ3) is 4.12. The summed E-state index contributed by atoms with van der Waals surface area (Å²) in [5.74, 6) is 0.431. The van der Waals surface area contributed by atoms with E-state index in [4.69, 9.17) is 9.52 Å². The Morgan fingerprint density at radius 3 is 2.72 bits per heavy atom. The van der Waals surface area contributed by atoms with Gasteiger partial charge >= 0.3 is 0 Å². The lowest BCUT2D eigenvalue weighted by Crippen LogP contribution is -2.45. The summed E-state index contributed by atoms with van der Waals surface area (Å²) in [6.07, 6.45) is 2.17. The maximum Gasteiger partial charge on any atom is 0.298 e. The van der Waals surface area contributed by atoms with Crippen LogP contribution in [-0.2, 0) is 4.79 Å². The summed E-state index contributed by atoms with van der Waals surface area (Å²) in [5.41, 5.74) is 1.65. The molecular weight excluding hydrogens is 318 g/mol. The third-order valence-corrected chi connectivity index (χ3v) is 4.99. The zero-order valence-corrected chi connectivity index (χ0v) is 14.9. The number of hydrogen-bond acceptors (Lipinski definition) is 5. The molecule has 0 spiro atoms. The zero-order chi connectivity index (χ0) is 17.8. The number of carbonyl (C=O) groups is 1. The molecule has 0 saturated carbocycles. The van der Waals surface area contributed by atoms with Gasteiger partial charge in [0.15, 0.2) is 5.58 Å². The fourth-order valence-electron chi connectivity index (χ4n) is 3.34. The molecule has 3 rings (SSSR count). The second kappa shape index (κ2) is 7.87. The number of oxazole rings is 1. The summed E-state index contributed by atoms with van der Waals surface area (Å²) >= 11 is 0. The number of aromatic nitrogens is 1. The van der Waals surface area contributed by atoms with Crippen molar-refractivity contribution in [2.45, 2.75) is 39.2 Å². The normalized spacial score (nSPS) is 17.2. The van der Waals surface area contributed by atoms with Crippen molar-refractivity contribution in [2.24, 2.45) is 11.8 Å². The van der Waals surface area contributed by atoms with Gasteiger partial charge in [0.1, 0.15) is 5.52 Å². The number of aliphatic hydroxyl groups excluding tert-OH is 1. The molecule has 0 bridgehead atoms. The Balaban J connectivity index is 1.56. The van der Waals surface area contributed by atoms with Crippen LogP contribution in [0.4, 0.5) is 6.01 Å². The van der Waals surface area contributed by atoms with Gasteiger partial charge in [0, 0.05) is 31.7 Å².